The molecule has 3 N–H and O–H groups in total. The van der Waals surface area contributed by atoms with Gasteiger partial charge in [0.1, 0.15) is 6.04 Å². The minimum Gasteiger partial charge on any atom is -0.392 e. The molecule has 0 unspecified atom stereocenters. The lowest BCUT2D eigenvalue weighted by Gasteiger charge is -2.35. The predicted molar refractivity (Wildman–Crippen MR) is 93.9 cm³/mol. The molecule has 0 bridgehead atoms. The van der Waals surface area contributed by atoms with Crippen molar-refractivity contribution in [3.05, 3.63) is 35.4 Å². The summed E-state index contributed by atoms with van der Waals surface area (Å²) in [7, 11) is 0. The van der Waals surface area contributed by atoms with E-state index < -0.39 is 12.1 Å². The van der Waals surface area contributed by atoms with E-state index in [9.17, 15) is 19.5 Å². The van der Waals surface area contributed by atoms with Crippen LogP contribution in [0, 0.1) is 0 Å². The molecule has 2 aliphatic heterocycles. The summed E-state index contributed by atoms with van der Waals surface area (Å²) >= 11 is 0. The first-order chi connectivity index (χ1) is 12.6. The molecule has 4 amide bonds. The largest absolute Gasteiger partial charge is 0.392 e. The first kappa shape index (κ1) is 18.3. The summed E-state index contributed by atoms with van der Waals surface area (Å²) < 4.78 is 0. The summed E-state index contributed by atoms with van der Waals surface area (Å²) in [4.78, 5) is 39.0. The SMILES string of the molecule is O=C1NC(=O)[C@H](CCC(=O)N2CCN(Cc3ccccc3CO)CC2)N1. The number of nitrogens with one attached hydrogen (secondary N) is 2. The Morgan fingerprint density at radius 1 is 1.12 bits per heavy atom. The summed E-state index contributed by atoms with van der Waals surface area (Å²) in [5, 5.41) is 14.1. The molecule has 2 heterocycles. The molecular weight excluding hydrogens is 336 g/mol. The van der Waals surface area contributed by atoms with Gasteiger partial charge >= 0.3 is 6.03 Å². The van der Waals surface area contributed by atoms with Crippen molar-refractivity contribution >= 4 is 17.8 Å². The van der Waals surface area contributed by atoms with E-state index in [0.717, 1.165) is 30.8 Å². The Labute approximate surface area is 152 Å². The maximum atomic E-state index is 12.3. The number of carbonyl (C=O) groups excluding carboxylic acids is 3. The zero-order chi connectivity index (χ0) is 18.5. The van der Waals surface area contributed by atoms with Crippen LogP contribution in [0.3, 0.4) is 0 Å². The summed E-state index contributed by atoms with van der Waals surface area (Å²) in [6.45, 7) is 3.61. The van der Waals surface area contributed by atoms with Gasteiger partial charge in [0.2, 0.25) is 5.91 Å². The Morgan fingerprint density at radius 2 is 1.81 bits per heavy atom. The first-order valence-electron chi connectivity index (χ1n) is 8.86. The van der Waals surface area contributed by atoms with Crippen LogP contribution in [0.5, 0.6) is 0 Å². The second kappa shape index (κ2) is 8.29. The number of urea groups is 1. The molecule has 0 radical (unpaired) electrons. The molecule has 140 valence electrons. The van der Waals surface area contributed by atoms with Gasteiger partial charge in [0, 0.05) is 39.1 Å². The molecule has 1 atom stereocenters. The predicted octanol–water partition coefficient (Wildman–Crippen LogP) is -0.189. The van der Waals surface area contributed by atoms with Crippen molar-refractivity contribution in [2.45, 2.75) is 32.0 Å². The molecule has 0 aromatic heterocycles. The second-order valence-corrected chi connectivity index (χ2v) is 6.64. The number of imide groups is 1. The first-order valence-corrected chi connectivity index (χ1v) is 8.86. The lowest BCUT2D eigenvalue weighted by atomic mass is 10.1. The Hall–Kier alpha value is -2.45. The van der Waals surface area contributed by atoms with Crippen LogP contribution in [-0.2, 0) is 22.7 Å². The van der Waals surface area contributed by atoms with Crippen LogP contribution >= 0.6 is 0 Å². The molecule has 3 rings (SSSR count). The minimum absolute atomic E-state index is 0.00866. The van der Waals surface area contributed by atoms with Crippen LogP contribution in [0.1, 0.15) is 24.0 Å². The average molecular weight is 360 g/mol. The lowest BCUT2D eigenvalue weighted by molar-refractivity contribution is -0.133. The van der Waals surface area contributed by atoms with E-state index in [1.54, 1.807) is 0 Å². The van der Waals surface area contributed by atoms with E-state index >= 15 is 0 Å². The van der Waals surface area contributed by atoms with Crippen LogP contribution in [0.25, 0.3) is 0 Å². The van der Waals surface area contributed by atoms with E-state index in [4.69, 9.17) is 0 Å². The van der Waals surface area contributed by atoms with Gasteiger partial charge in [-0.05, 0) is 17.5 Å². The smallest absolute Gasteiger partial charge is 0.322 e. The van der Waals surface area contributed by atoms with Crippen LogP contribution in [0.4, 0.5) is 4.79 Å². The summed E-state index contributed by atoms with van der Waals surface area (Å²) in [5.74, 6) is -0.357. The van der Waals surface area contributed by atoms with Gasteiger partial charge in [0.15, 0.2) is 0 Å². The molecule has 0 spiro atoms. The fourth-order valence-electron chi connectivity index (χ4n) is 3.35. The molecule has 26 heavy (non-hydrogen) atoms. The van der Waals surface area contributed by atoms with Gasteiger partial charge in [-0.1, -0.05) is 24.3 Å². The van der Waals surface area contributed by atoms with Crippen molar-refractivity contribution in [2.24, 2.45) is 0 Å². The maximum absolute atomic E-state index is 12.3. The number of hydrogen-bond donors (Lipinski definition) is 3. The fourth-order valence-corrected chi connectivity index (χ4v) is 3.35. The Balaban J connectivity index is 1.44. The summed E-state index contributed by atoms with van der Waals surface area (Å²) in [5.41, 5.74) is 2.04. The number of piperazine rings is 1. The van der Waals surface area contributed by atoms with Crippen molar-refractivity contribution < 1.29 is 19.5 Å². The zero-order valence-electron chi connectivity index (χ0n) is 14.6. The van der Waals surface area contributed by atoms with E-state index in [1.165, 1.54) is 0 Å². The summed E-state index contributed by atoms with van der Waals surface area (Å²) in [6.07, 6.45) is 0.562. The average Bonchev–Trinajstić information content (AvgIpc) is 2.98. The van der Waals surface area contributed by atoms with Crippen molar-refractivity contribution in [3.63, 3.8) is 0 Å². The van der Waals surface area contributed by atoms with Crippen LogP contribution in [-0.4, -0.2) is 65.0 Å². The topological polar surface area (TPSA) is 102 Å². The van der Waals surface area contributed by atoms with Crippen molar-refractivity contribution in [1.82, 2.24) is 20.4 Å². The highest BCUT2D eigenvalue weighted by molar-refractivity contribution is 6.04. The number of amides is 4. The molecule has 2 aliphatic rings. The van der Waals surface area contributed by atoms with Crippen LogP contribution < -0.4 is 10.6 Å². The lowest BCUT2D eigenvalue weighted by Crippen LogP contribution is -2.48. The highest BCUT2D eigenvalue weighted by Gasteiger charge is 2.30. The van der Waals surface area contributed by atoms with E-state index in [-0.39, 0.29) is 24.8 Å². The second-order valence-electron chi connectivity index (χ2n) is 6.64. The van der Waals surface area contributed by atoms with Crippen molar-refractivity contribution in [1.29, 1.82) is 0 Å². The minimum atomic E-state index is -0.609. The van der Waals surface area contributed by atoms with E-state index in [0.29, 0.717) is 19.5 Å². The standard InChI is InChI=1S/C18H24N4O4/c23-12-14-4-2-1-3-13(14)11-21-7-9-22(10-8-21)16(24)6-5-15-17(25)20-18(26)19-15/h1-4,15,23H,5-12H2,(H2,19,20,25,26)/t15-/m0/s1. The molecule has 1 aromatic rings. The number of nitrogens with zero attached hydrogens (tertiary/aromatic N) is 2. The fraction of sp³-hybridized carbons (Fsp3) is 0.500. The highest BCUT2D eigenvalue weighted by Crippen LogP contribution is 2.14. The van der Waals surface area contributed by atoms with Gasteiger partial charge in [-0.3, -0.25) is 19.8 Å². The third kappa shape index (κ3) is 4.39. The Kier molecular flexibility index (Phi) is 5.85. The summed E-state index contributed by atoms with van der Waals surface area (Å²) in [6, 6.07) is 6.72. The van der Waals surface area contributed by atoms with Crippen molar-refractivity contribution in [3.8, 4) is 0 Å². The Morgan fingerprint density at radius 3 is 2.42 bits per heavy atom. The Bertz CT molecular complexity index is 686. The molecule has 2 fully saturated rings. The van der Waals surface area contributed by atoms with Gasteiger partial charge in [-0.15, -0.1) is 0 Å². The van der Waals surface area contributed by atoms with E-state index in [2.05, 4.69) is 15.5 Å². The van der Waals surface area contributed by atoms with Gasteiger partial charge in [0.05, 0.1) is 6.61 Å². The third-order valence-electron chi connectivity index (χ3n) is 4.91. The number of rotatable bonds is 6. The molecule has 0 aliphatic carbocycles. The molecule has 8 nitrogen and oxygen atoms in total. The molecule has 0 saturated carbocycles. The molecule has 8 heteroatoms. The number of benzene rings is 1. The van der Waals surface area contributed by atoms with Gasteiger partial charge in [-0.2, -0.15) is 0 Å². The van der Waals surface area contributed by atoms with Gasteiger partial charge < -0.3 is 15.3 Å². The molecule has 1 aromatic carbocycles. The normalized spacial score (nSPS) is 20.8. The zero-order valence-corrected chi connectivity index (χ0v) is 14.6. The number of hydrogen-bond acceptors (Lipinski definition) is 5. The van der Waals surface area contributed by atoms with E-state index in [1.807, 2.05) is 29.2 Å². The highest BCUT2D eigenvalue weighted by atomic mass is 16.3. The maximum Gasteiger partial charge on any atom is 0.322 e. The van der Waals surface area contributed by atoms with Gasteiger partial charge in [0.25, 0.3) is 5.91 Å². The van der Waals surface area contributed by atoms with Crippen molar-refractivity contribution in [2.75, 3.05) is 26.2 Å². The monoisotopic (exact) mass is 360 g/mol. The number of aliphatic hydroxyl groups excluding tert-OH is 1. The van der Waals surface area contributed by atoms with Gasteiger partial charge in [-0.25, -0.2) is 4.79 Å². The molecular formula is C18H24N4O4. The van der Waals surface area contributed by atoms with Crippen LogP contribution in [0.15, 0.2) is 24.3 Å². The van der Waals surface area contributed by atoms with Crippen LogP contribution in [0.2, 0.25) is 0 Å². The number of carbonyl (C=O) groups is 3. The quantitative estimate of drug-likeness (QED) is 0.611. The third-order valence-corrected chi connectivity index (χ3v) is 4.91. The number of aliphatic hydroxyl groups is 1. The molecule has 2 saturated heterocycles.